The van der Waals surface area contributed by atoms with Crippen LogP contribution in [-0.2, 0) is 9.53 Å². The summed E-state index contributed by atoms with van der Waals surface area (Å²) in [6.45, 7) is 4.92. The van der Waals surface area contributed by atoms with E-state index in [2.05, 4.69) is 15.6 Å². The SMILES string of the molecule is CC(C)NC(=O)NC(=O)[C@H](C)OC(=O)c1csc(-c2cccs2)n1. The molecular weight excluding hydrogens is 350 g/mol. The van der Waals surface area contributed by atoms with Crippen LogP contribution in [-0.4, -0.2) is 35.0 Å². The van der Waals surface area contributed by atoms with E-state index in [1.165, 1.54) is 29.6 Å². The first-order valence-corrected chi connectivity index (χ1v) is 8.94. The Kier molecular flexibility index (Phi) is 6.04. The summed E-state index contributed by atoms with van der Waals surface area (Å²) in [4.78, 5) is 40.5. The third kappa shape index (κ3) is 4.87. The quantitative estimate of drug-likeness (QED) is 0.792. The molecule has 0 bridgehead atoms. The molecule has 128 valence electrons. The lowest BCUT2D eigenvalue weighted by Crippen LogP contribution is -2.46. The van der Waals surface area contributed by atoms with Gasteiger partial charge in [0, 0.05) is 11.4 Å². The van der Waals surface area contributed by atoms with E-state index in [4.69, 9.17) is 4.74 Å². The Morgan fingerprint density at radius 2 is 1.96 bits per heavy atom. The largest absolute Gasteiger partial charge is 0.448 e. The van der Waals surface area contributed by atoms with Crippen LogP contribution in [0.5, 0.6) is 0 Å². The summed E-state index contributed by atoms with van der Waals surface area (Å²) >= 11 is 2.84. The molecule has 3 amide bonds. The van der Waals surface area contributed by atoms with Gasteiger partial charge in [-0.15, -0.1) is 22.7 Å². The third-order valence-electron chi connectivity index (χ3n) is 2.75. The lowest BCUT2D eigenvalue weighted by Gasteiger charge is -2.13. The van der Waals surface area contributed by atoms with Gasteiger partial charge in [-0.3, -0.25) is 10.1 Å². The van der Waals surface area contributed by atoms with Crippen molar-refractivity contribution >= 4 is 40.6 Å². The van der Waals surface area contributed by atoms with Gasteiger partial charge in [-0.05, 0) is 32.2 Å². The summed E-state index contributed by atoms with van der Waals surface area (Å²) in [6.07, 6.45) is -1.11. The zero-order valence-corrected chi connectivity index (χ0v) is 15.0. The van der Waals surface area contributed by atoms with E-state index in [0.29, 0.717) is 5.01 Å². The zero-order chi connectivity index (χ0) is 17.7. The van der Waals surface area contributed by atoms with Crippen LogP contribution < -0.4 is 10.6 Å². The topological polar surface area (TPSA) is 97.4 Å². The Labute approximate surface area is 147 Å². The maximum Gasteiger partial charge on any atom is 0.358 e. The molecule has 0 saturated heterocycles. The van der Waals surface area contributed by atoms with Crippen LogP contribution in [0.15, 0.2) is 22.9 Å². The number of carbonyl (C=O) groups is 3. The molecule has 2 N–H and O–H groups in total. The van der Waals surface area contributed by atoms with Gasteiger partial charge < -0.3 is 10.1 Å². The molecule has 0 saturated carbocycles. The number of amides is 3. The van der Waals surface area contributed by atoms with E-state index in [1.807, 2.05) is 17.5 Å². The molecule has 2 aromatic rings. The van der Waals surface area contributed by atoms with E-state index >= 15 is 0 Å². The predicted molar refractivity (Wildman–Crippen MR) is 92.1 cm³/mol. The zero-order valence-electron chi connectivity index (χ0n) is 13.4. The fourth-order valence-electron chi connectivity index (χ4n) is 1.67. The van der Waals surface area contributed by atoms with Crippen LogP contribution in [0, 0.1) is 0 Å². The number of aromatic nitrogens is 1. The van der Waals surface area contributed by atoms with Crippen LogP contribution in [0.2, 0.25) is 0 Å². The molecule has 2 aromatic heterocycles. The fourth-order valence-corrected chi connectivity index (χ4v) is 3.27. The first-order valence-electron chi connectivity index (χ1n) is 7.18. The number of thiazole rings is 1. The van der Waals surface area contributed by atoms with Gasteiger partial charge in [-0.1, -0.05) is 6.07 Å². The normalized spacial score (nSPS) is 11.8. The number of urea groups is 1. The Hall–Kier alpha value is -2.26. The lowest BCUT2D eigenvalue weighted by atomic mass is 10.3. The van der Waals surface area contributed by atoms with Gasteiger partial charge in [-0.25, -0.2) is 14.6 Å². The van der Waals surface area contributed by atoms with Crippen molar-refractivity contribution in [3.05, 3.63) is 28.6 Å². The van der Waals surface area contributed by atoms with Crippen molar-refractivity contribution in [1.29, 1.82) is 0 Å². The highest BCUT2D eigenvalue weighted by molar-refractivity contribution is 7.20. The van der Waals surface area contributed by atoms with Crippen molar-refractivity contribution in [2.45, 2.75) is 32.9 Å². The van der Waals surface area contributed by atoms with E-state index in [1.54, 1.807) is 19.2 Å². The molecule has 0 spiro atoms. The minimum Gasteiger partial charge on any atom is -0.448 e. The summed E-state index contributed by atoms with van der Waals surface area (Å²) in [5.41, 5.74) is 0.134. The van der Waals surface area contributed by atoms with Gasteiger partial charge in [0.2, 0.25) is 0 Å². The number of ether oxygens (including phenoxy) is 1. The van der Waals surface area contributed by atoms with E-state index in [0.717, 1.165) is 4.88 Å². The molecule has 0 aliphatic carbocycles. The first-order chi connectivity index (χ1) is 11.4. The van der Waals surface area contributed by atoms with Crippen molar-refractivity contribution in [2.24, 2.45) is 0 Å². The van der Waals surface area contributed by atoms with Crippen molar-refractivity contribution in [1.82, 2.24) is 15.6 Å². The summed E-state index contributed by atoms with van der Waals surface area (Å²) in [6, 6.07) is 3.06. The maximum absolute atomic E-state index is 12.1. The lowest BCUT2D eigenvalue weighted by molar-refractivity contribution is -0.127. The number of esters is 1. The minimum absolute atomic E-state index is 0.110. The number of carbonyl (C=O) groups excluding carboxylic acids is 3. The molecule has 24 heavy (non-hydrogen) atoms. The highest BCUT2D eigenvalue weighted by atomic mass is 32.1. The minimum atomic E-state index is -1.11. The molecule has 0 aliphatic heterocycles. The summed E-state index contributed by atoms with van der Waals surface area (Å²) < 4.78 is 5.05. The summed E-state index contributed by atoms with van der Waals surface area (Å²) in [7, 11) is 0. The van der Waals surface area contributed by atoms with Gasteiger partial charge in [-0.2, -0.15) is 0 Å². The van der Waals surface area contributed by atoms with Crippen LogP contribution in [0.1, 0.15) is 31.3 Å². The van der Waals surface area contributed by atoms with Crippen molar-refractivity contribution in [3.63, 3.8) is 0 Å². The second kappa shape index (κ2) is 8.02. The van der Waals surface area contributed by atoms with Crippen molar-refractivity contribution < 1.29 is 19.1 Å². The van der Waals surface area contributed by atoms with Crippen molar-refractivity contribution in [3.8, 4) is 9.88 Å². The molecule has 0 aromatic carbocycles. The smallest absolute Gasteiger partial charge is 0.358 e. The summed E-state index contributed by atoms with van der Waals surface area (Å²) in [5.74, 6) is -1.41. The monoisotopic (exact) mass is 367 g/mol. The molecule has 2 heterocycles. The fraction of sp³-hybridized carbons (Fsp3) is 0.333. The number of hydrogen-bond donors (Lipinski definition) is 2. The third-order valence-corrected chi connectivity index (χ3v) is 4.64. The second-order valence-electron chi connectivity index (χ2n) is 5.18. The predicted octanol–water partition coefficient (Wildman–Crippen LogP) is 2.65. The van der Waals surface area contributed by atoms with Gasteiger partial charge in [0.05, 0.1) is 4.88 Å². The van der Waals surface area contributed by atoms with Crippen LogP contribution >= 0.6 is 22.7 Å². The summed E-state index contributed by atoms with van der Waals surface area (Å²) in [5, 5.41) is 8.83. The maximum atomic E-state index is 12.1. The van der Waals surface area contributed by atoms with Gasteiger partial charge >= 0.3 is 12.0 Å². The Balaban J connectivity index is 1.91. The average Bonchev–Trinajstić information content (AvgIpc) is 3.17. The second-order valence-corrected chi connectivity index (χ2v) is 6.99. The molecule has 0 fully saturated rings. The molecule has 1 atom stereocenters. The number of hydrogen-bond acceptors (Lipinski definition) is 7. The molecule has 9 heteroatoms. The van der Waals surface area contributed by atoms with Gasteiger partial charge in [0.15, 0.2) is 11.8 Å². The molecule has 2 rings (SSSR count). The average molecular weight is 367 g/mol. The van der Waals surface area contributed by atoms with E-state index < -0.39 is 24.0 Å². The van der Waals surface area contributed by atoms with E-state index in [-0.39, 0.29) is 11.7 Å². The van der Waals surface area contributed by atoms with E-state index in [9.17, 15) is 14.4 Å². The molecule has 0 unspecified atom stereocenters. The van der Waals surface area contributed by atoms with Crippen LogP contribution in [0.25, 0.3) is 9.88 Å². The Morgan fingerprint density at radius 3 is 2.58 bits per heavy atom. The Bertz CT molecular complexity index is 725. The van der Waals surface area contributed by atoms with Crippen LogP contribution in [0.4, 0.5) is 4.79 Å². The molecular formula is C15H17N3O4S2. The first kappa shape index (κ1) is 18.1. The standard InChI is InChI=1S/C15H17N3O4S2/c1-8(2)16-15(21)18-12(19)9(3)22-14(20)10-7-24-13(17-10)11-5-4-6-23-11/h4-9H,1-3H3,(H2,16,18,19,21)/t9-/m0/s1. The number of thiophene rings is 1. The number of imide groups is 1. The van der Waals surface area contributed by atoms with Crippen LogP contribution in [0.3, 0.4) is 0 Å². The highest BCUT2D eigenvalue weighted by Gasteiger charge is 2.22. The van der Waals surface area contributed by atoms with Gasteiger partial charge in [0.1, 0.15) is 5.01 Å². The molecule has 7 nitrogen and oxygen atoms in total. The van der Waals surface area contributed by atoms with Gasteiger partial charge in [0.25, 0.3) is 5.91 Å². The molecule has 0 aliphatic rings. The van der Waals surface area contributed by atoms with Crippen molar-refractivity contribution in [2.75, 3.05) is 0 Å². The molecule has 0 radical (unpaired) electrons. The number of rotatable bonds is 5. The number of nitrogens with zero attached hydrogens (tertiary/aromatic N) is 1. The Morgan fingerprint density at radius 1 is 1.21 bits per heavy atom. The number of nitrogens with one attached hydrogen (secondary N) is 2. The highest BCUT2D eigenvalue weighted by Crippen LogP contribution is 2.28.